The molecule has 0 unspecified atom stereocenters. The predicted molar refractivity (Wildman–Crippen MR) is 141 cm³/mol. The van der Waals surface area contributed by atoms with E-state index in [0.29, 0.717) is 42.7 Å². The van der Waals surface area contributed by atoms with Gasteiger partial charge in [0.2, 0.25) is 0 Å². The summed E-state index contributed by atoms with van der Waals surface area (Å²) < 4.78 is 47.0. The zero-order valence-electron chi connectivity index (χ0n) is 21.7. The van der Waals surface area contributed by atoms with Gasteiger partial charge in [-0.15, -0.1) is 0 Å². The van der Waals surface area contributed by atoms with Crippen molar-refractivity contribution < 1.29 is 23.1 Å². The van der Waals surface area contributed by atoms with Gasteiger partial charge in [0.25, 0.3) is 5.56 Å². The molecule has 1 aromatic carbocycles. The monoisotopic (exact) mass is 539 g/mol. The Morgan fingerprint density at radius 2 is 1.77 bits per heavy atom. The molecule has 0 saturated carbocycles. The number of piperidine rings is 1. The maximum Gasteiger partial charge on any atom is 0.335 e. The van der Waals surface area contributed by atoms with Crippen LogP contribution in [0.15, 0.2) is 47.5 Å². The standard InChI is InChI=1S/C28H28F3N5O3/c1-15(35-8-5-16(6-9-35)26-19(29)10-17(28(38)39)11-20(26)30)24-12-18-23(4-7-33-27(18)34(24)3)36-14-21(31)22(32-2)13-25(36)37/h4,7,10-16,32H,5-6,8-9H2,1-3H3,(H,38,39)/t15-/m0/s1. The molecule has 0 spiro atoms. The molecule has 1 fully saturated rings. The molecule has 1 atom stereocenters. The summed E-state index contributed by atoms with van der Waals surface area (Å²) in [6, 6.07) is 6.48. The number of halogens is 3. The minimum atomic E-state index is -1.37. The van der Waals surface area contributed by atoms with E-state index in [1.165, 1.54) is 10.6 Å². The van der Waals surface area contributed by atoms with Crippen molar-refractivity contribution in [1.82, 2.24) is 19.0 Å². The van der Waals surface area contributed by atoms with E-state index < -0.39 is 29.0 Å². The van der Waals surface area contributed by atoms with E-state index in [9.17, 15) is 22.8 Å². The van der Waals surface area contributed by atoms with Gasteiger partial charge in [0.15, 0.2) is 5.82 Å². The lowest BCUT2D eigenvalue weighted by molar-refractivity contribution is 0.0695. The smallest absolute Gasteiger partial charge is 0.335 e. The van der Waals surface area contributed by atoms with Crippen LogP contribution in [0, 0.1) is 17.5 Å². The number of aryl methyl sites for hydroxylation is 1. The van der Waals surface area contributed by atoms with Gasteiger partial charge in [0.05, 0.1) is 23.1 Å². The number of benzene rings is 1. The second-order valence-corrected chi connectivity index (χ2v) is 9.83. The number of nitrogens with zero attached hydrogens (tertiary/aromatic N) is 4. The van der Waals surface area contributed by atoms with Gasteiger partial charge in [-0.3, -0.25) is 14.3 Å². The summed E-state index contributed by atoms with van der Waals surface area (Å²) in [6.45, 7) is 3.18. The normalized spacial score (nSPS) is 15.5. The third-order valence-corrected chi connectivity index (χ3v) is 7.72. The Hall–Kier alpha value is -4.12. The highest BCUT2D eigenvalue weighted by molar-refractivity contribution is 5.88. The minimum Gasteiger partial charge on any atom is -0.478 e. The van der Waals surface area contributed by atoms with E-state index in [1.54, 1.807) is 19.3 Å². The van der Waals surface area contributed by atoms with Gasteiger partial charge in [0.1, 0.15) is 17.3 Å². The highest BCUT2D eigenvalue weighted by Crippen LogP contribution is 2.36. The fourth-order valence-electron chi connectivity index (χ4n) is 5.58. The number of hydrogen-bond acceptors (Lipinski definition) is 5. The van der Waals surface area contributed by atoms with Crippen molar-refractivity contribution in [1.29, 1.82) is 0 Å². The molecular weight excluding hydrogens is 511 g/mol. The van der Waals surface area contributed by atoms with E-state index in [1.807, 2.05) is 24.6 Å². The molecular formula is C28H28F3N5O3. The lowest BCUT2D eigenvalue weighted by Crippen LogP contribution is -2.36. The van der Waals surface area contributed by atoms with Crippen LogP contribution in [0.2, 0.25) is 0 Å². The second-order valence-electron chi connectivity index (χ2n) is 9.83. The number of fused-ring (bicyclic) bond motifs is 1. The molecule has 3 aromatic heterocycles. The average molecular weight is 540 g/mol. The third kappa shape index (κ3) is 4.67. The van der Waals surface area contributed by atoms with Crippen molar-refractivity contribution in [2.45, 2.75) is 31.7 Å². The van der Waals surface area contributed by atoms with Gasteiger partial charge in [-0.2, -0.15) is 0 Å². The maximum absolute atomic E-state index is 14.6. The number of aromatic carboxylic acids is 1. The molecule has 8 nitrogen and oxygen atoms in total. The maximum atomic E-state index is 14.6. The fourth-order valence-corrected chi connectivity index (χ4v) is 5.58. The summed E-state index contributed by atoms with van der Waals surface area (Å²) in [4.78, 5) is 30.6. The minimum absolute atomic E-state index is 0.0623. The summed E-state index contributed by atoms with van der Waals surface area (Å²) in [7, 11) is 3.42. The molecule has 5 rings (SSSR count). The van der Waals surface area contributed by atoms with Crippen LogP contribution in [0.25, 0.3) is 16.7 Å². The first-order valence-corrected chi connectivity index (χ1v) is 12.6. The first kappa shape index (κ1) is 26.5. The summed E-state index contributed by atoms with van der Waals surface area (Å²) in [6.07, 6.45) is 3.74. The number of hydrogen-bond donors (Lipinski definition) is 2. The van der Waals surface area contributed by atoms with Gasteiger partial charge in [-0.1, -0.05) is 0 Å². The Balaban J connectivity index is 1.41. The molecule has 0 bridgehead atoms. The number of anilines is 1. The Bertz CT molecular complexity index is 1620. The topological polar surface area (TPSA) is 92.4 Å². The molecule has 1 aliphatic heterocycles. The van der Waals surface area contributed by atoms with E-state index in [0.717, 1.165) is 24.0 Å². The lowest BCUT2D eigenvalue weighted by Gasteiger charge is -2.36. The predicted octanol–water partition coefficient (Wildman–Crippen LogP) is 4.82. The second kappa shape index (κ2) is 10.2. The third-order valence-electron chi connectivity index (χ3n) is 7.72. The number of nitrogens with one attached hydrogen (secondary N) is 1. The molecule has 0 aliphatic carbocycles. The molecule has 0 radical (unpaired) electrons. The number of carboxylic acid groups (broad SMARTS) is 1. The zero-order valence-corrected chi connectivity index (χ0v) is 21.7. The molecule has 11 heteroatoms. The number of aromatic nitrogens is 3. The zero-order chi connectivity index (χ0) is 28.0. The van der Waals surface area contributed by atoms with Crippen LogP contribution in [-0.4, -0.2) is 50.2 Å². The molecule has 4 heterocycles. The van der Waals surface area contributed by atoms with Crippen molar-refractivity contribution in [2.75, 3.05) is 25.5 Å². The van der Waals surface area contributed by atoms with Crippen LogP contribution < -0.4 is 10.9 Å². The number of likely N-dealkylation sites (tertiary alicyclic amines) is 1. The Labute approximate surface area is 222 Å². The van der Waals surface area contributed by atoms with Gasteiger partial charge >= 0.3 is 5.97 Å². The largest absolute Gasteiger partial charge is 0.478 e. The Kier molecular flexibility index (Phi) is 6.94. The summed E-state index contributed by atoms with van der Waals surface area (Å²) >= 11 is 0. The molecule has 4 aromatic rings. The van der Waals surface area contributed by atoms with E-state index in [4.69, 9.17) is 5.11 Å². The van der Waals surface area contributed by atoms with E-state index in [-0.39, 0.29) is 28.8 Å². The number of pyridine rings is 2. The van der Waals surface area contributed by atoms with Crippen LogP contribution in [0.4, 0.5) is 18.9 Å². The highest BCUT2D eigenvalue weighted by Gasteiger charge is 2.30. The van der Waals surface area contributed by atoms with Crippen LogP contribution in [-0.2, 0) is 7.05 Å². The molecule has 0 amide bonds. The average Bonchev–Trinajstić information content (AvgIpc) is 3.25. The number of carbonyl (C=O) groups is 1. The van der Waals surface area contributed by atoms with E-state index in [2.05, 4.69) is 15.2 Å². The molecule has 1 aliphatic rings. The summed E-state index contributed by atoms with van der Waals surface area (Å²) in [5, 5.41) is 12.4. The molecule has 2 N–H and O–H groups in total. The SMILES string of the molecule is CNc1cc(=O)n(-c2ccnc3c2cc([C@H](C)N2CCC(c4c(F)cc(C(=O)O)cc4F)CC2)n3C)cc1F. The number of rotatable bonds is 6. The first-order chi connectivity index (χ1) is 18.6. The first-order valence-electron chi connectivity index (χ1n) is 12.6. The van der Waals surface area contributed by atoms with Crippen molar-refractivity contribution in [3.05, 3.63) is 87.4 Å². The van der Waals surface area contributed by atoms with Crippen LogP contribution >= 0.6 is 0 Å². The number of carboxylic acids is 1. The summed E-state index contributed by atoms with van der Waals surface area (Å²) in [5.41, 5.74) is 1.33. The van der Waals surface area contributed by atoms with Gasteiger partial charge < -0.3 is 15.0 Å². The van der Waals surface area contributed by atoms with Crippen molar-refractivity contribution in [2.24, 2.45) is 7.05 Å². The van der Waals surface area contributed by atoms with Gasteiger partial charge in [-0.25, -0.2) is 22.9 Å². The van der Waals surface area contributed by atoms with Crippen LogP contribution in [0.5, 0.6) is 0 Å². The lowest BCUT2D eigenvalue weighted by atomic mass is 9.87. The van der Waals surface area contributed by atoms with Crippen molar-refractivity contribution in [3.63, 3.8) is 0 Å². The van der Waals surface area contributed by atoms with Crippen LogP contribution in [0.1, 0.15) is 53.3 Å². The highest BCUT2D eigenvalue weighted by atomic mass is 19.1. The van der Waals surface area contributed by atoms with E-state index >= 15 is 0 Å². The Morgan fingerprint density at radius 1 is 1.10 bits per heavy atom. The van der Waals surface area contributed by atoms with Crippen molar-refractivity contribution in [3.8, 4) is 5.69 Å². The molecule has 204 valence electrons. The molecule has 39 heavy (non-hydrogen) atoms. The Morgan fingerprint density at radius 3 is 2.38 bits per heavy atom. The molecule has 1 saturated heterocycles. The van der Waals surface area contributed by atoms with Gasteiger partial charge in [-0.05, 0) is 63.0 Å². The summed E-state index contributed by atoms with van der Waals surface area (Å²) in [5.74, 6) is -3.96. The van der Waals surface area contributed by atoms with Crippen molar-refractivity contribution >= 4 is 22.7 Å². The van der Waals surface area contributed by atoms with Gasteiger partial charge in [0, 0.05) is 49.0 Å². The quantitative estimate of drug-likeness (QED) is 0.365. The van der Waals surface area contributed by atoms with Crippen LogP contribution in [0.3, 0.4) is 0 Å². The fraction of sp³-hybridized carbons (Fsp3) is 0.321.